The average Bonchev–Trinajstić information content (AvgIpc) is 2.16. The van der Waals surface area contributed by atoms with Gasteiger partial charge in [0.15, 0.2) is 0 Å². The predicted octanol–water partition coefficient (Wildman–Crippen LogP) is 2.92. The molecule has 1 aromatic heterocycles. The zero-order valence-electron chi connectivity index (χ0n) is 8.28. The summed E-state index contributed by atoms with van der Waals surface area (Å²) in [5.41, 5.74) is 1.45. The first-order valence-electron chi connectivity index (χ1n) is 4.71. The van der Waals surface area contributed by atoms with Crippen LogP contribution in [0.25, 0.3) is 11.0 Å². The zero-order valence-corrected chi connectivity index (χ0v) is 8.28. The van der Waals surface area contributed by atoms with Gasteiger partial charge in [-0.25, -0.2) is 4.79 Å². The van der Waals surface area contributed by atoms with E-state index in [4.69, 9.17) is 4.42 Å². The summed E-state index contributed by atoms with van der Waals surface area (Å²) < 4.78 is 5.10. The fourth-order valence-corrected chi connectivity index (χ4v) is 1.61. The van der Waals surface area contributed by atoms with Crippen molar-refractivity contribution in [3.63, 3.8) is 0 Å². The van der Waals surface area contributed by atoms with Gasteiger partial charge in [0, 0.05) is 11.5 Å². The Morgan fingerprint density at radius 2 is 1.93 bits per heavy atom. The highest BCUT2D eigenvalue weighted by Crippen LogP contribution is 2.22. The van der Waals surface area contributed by atoms with Crippen molar-refractivity contribution in [2.75, 3.05) is 0 Å². The van der Waals surface area contributed by atoms with Gasteiger partial charge in [-0.3, -0.25) is 0 Å². The van der Waals surface area contributed by atoms with Gasteiger partial charge in [-0.15, -0.1) is 0 Å². The molecule has 0 aliphatic heterocycles. The van der Waals surface area contributed by atoms with Crippen LogP contribution < -0.4 is 5.63 Å². The molecule has 2 aromatic rings. The summed E-state index contributed by atoms with van der Waals surface area (Å²) in [5, 5.41) is 1.03. The molecule has 72 valence electrons. The molecule has 2 nitrogen and oxygen atoms in total. The van der Waals surface area contributed by atoms with E-state index in [9.17, 15) is 4.79 Å². The molecular weight excluding hydrogens is 176 g/mol. The van der Waals surface area contributed by atoms with E-state index in [1.54, 1.807) is 6.07 Å². The summed E-state index contributed by atoms with van der Waals surface area (Å²) in [6.07, 6.45) is 0. The van der Waals surface area contributed by atoms with E-state index in [2.05, 4.69) is 13.8 Å². The molecule has 2 rings (SSSR count). The van der Waals surface area contributed by atoms with Crippen LogP contribution in [-0.2, 0) is 0 Å². The number of para-hydroxylation sites is 1. The predicted molar refractivity (Wildman–Crippen MR) is 56.6 cm³/mol. The SMILES string of the molecule is CC(C)c1cc(=O)oc2ccccc12. The third-order valence-corrected chi connectivity index (χ3v) is 2.30. The van der Waals surface area contributed by atoms with Gasteiger partial charge >= 0.3 is 5.63 Å². The van der Waals surface area contributed by atoms with Crippen molar-refractivity contribution >= 4 is 11.0 Å². The van der Waals surface area contributed by atoms with Gasteiger partial charge in [-0.05, 0) is 17.5 Å². The minimum atomic E-state index is -0.271. The minimum absolute atomic E-state index is 0.271. The van der Waals surface area contributed by atoms with E-state index >= 15 is 0 Å². The van der Waals surface area contributed by atoms with Crippen molar-refractivity contribution in [3.8, 4) is 0 Å². The van der Waals surface area contributed by atoms with Crippen LogP contribution in [0.4, 0.5) is 0 Å². The molecule has 14 heavy (non-hydrogen) atoms. The second-order valence-electron chi connectivity index (χ2n) is 3.67. The zero-order chi connectivity index (χ0) is 10.1. The van der Waals surface area contributed by atoms with Gasteiger partial charge in [0.2, 0.25) is 0 Å². The highest BCUT2D eigenvalue weighted by Gasteiger charge is 2.07. The van der Waals surface area contributed by atoms with Gasteiger partial charge in [0.05, 0.1) is 0 Å². The van der Waals surface area contributed by atoms with Gasteiger partial charge in [0.25, 0.3) is 0 Å². The Morgan fingerprint density at radius 1 is 1.21 bits per heavy atom. The number of hydrogen-bond acceptors (Lipinski definition) is 2. The lowest BCUT2D eigenvalue weighted by molar-refractivity contribution is 0.557. The fourth-order valence-electron chi connectivity index (χ4n) is 1.61. The van der Waals surface area contributed by atoms with E-state index in [0.29, 0.717) is 11.5 Å². The van der Waals surface area contributed by atoms with Crippen molar-refractivity contribution in [3.05, 3.63) is 46.3 Å². The minimum Gasteiger partial charge on any atom is -0.423 e. The van der Waals surface area contributed by atoms with E-state index < -0.39 is 0 Å². The van der Waals surface area contributed by atoms with Crippen molar-refractivity contribution in [2.24, 2.45) is 0 Å². The summed E-state index contributed by atoms with van der Waals surface area (Å²) >= 11 is 0. The van der Waals surface area contributed by atoms with Gasteiger partial charge in [-0.1, -0.05) is 32.0 Å². The topological polar surface area (TPSA) is 30.2 Å². The van der Waals surface area contributed by atoms with Crippen LogP contribution in [0.5, 0.6) is 0 Å². The van der Waals surface area contributed by atoms with E-state index in [1.807, 2.05) is 24.3 Å². The van der Waals surface area contributed by atoms with E-state index in [0.717, 1.165) is 10.9 Å². The van der Waals surface area contributed by atoms with E-state index in [-0.39, 0.29) is 5.63 Å². The van der Waals surface area contributed by atoms with Crippen molar-refractivity contribution < 1.29 is 4.42 Å². The molecule has 0 aliphatic carbocycles. The Bertz CT molecular complexity index is 509. The van der Waals surface area contributed by atoms with Crippen molar-refractivity contribution in [1.82, 2.24) is 0 Å². The Hall–Kier alpha value is -1.57. The molecule has 0 unspecified atom stereocenters. The quantitative estimate of drug-likeness (QED) is 0.644. The first-order chi connectivity index (χ1) is 6.68. The summed E-state index contributed by atoms with van der Waals surface area (Å²) in [4.78, 5) is 11.2. The lowest BCUT2D eigenvalue weighted by Gasteiger charge is -2.07. The number of benzene rings is 1. The second kappa shape index (κ2) is 3.29. The smallest absolute Gasteiger partial charge is 0.336 e. The Balaban J connectivity index is 2.87. The van der Waals surface area contributed by atoms with Crippen LogP contribution in [0.2, 0.25) is 0 Å². The molecule has 0 amide bonds. The molecule has 0 fully saturated rings. The lowest BCUT2D eigenvalue weighted by Crippen LogP contribution is -2.01. The number of fused-ring (bicyclic) bond motifs is 1. The van der Waals surface area contributed by atoms with Crippen LogP contribution >= 0.6 is 0 Å². The maximum Gasteiger partial charge on any atom is 0.336 e. The average molecular weight is 188 g/mol. The Kier molecular flexibility index (Phi) is 2.12. The molecule has 1 heterocycles. The number of hydrogen-bond donors (Lipinski definition) is 0. The first kappa shape index (κ1) is 9.00. The maximum absolute atomic E-state index is 11.2. The monoisotopic (exact) mass is 188 g/mol. The second-order valence-corrected chi connectivity index (χ2v) is 3.67. The summed E-state index contributed by atoms with van der Waals surface area (Å²) in [6, 6.07) is 9.20. The first-order valence-corrected chi connectivity index (χ1v) is 4.71. The molecular formula is C12H12O2. The van der Waals surface area contributed by atoms with Crippen LogP contribution in [0.15, 0.2) is 39.5 Å². The summed E-state index contributed by atoms with van der Waals surface area (Å²) in [7, 11) is 0. The molecule has 1 aromatic carbocycles. The highest BCUT2D eigenvalue weighted by molar-refractivity contribution is 5.80. The molecule has 0 radical (unpaired) electrons. The summed E-state index contributed by atoms with van der Waals surface area (Å²) in [6.45, 7) is 4.14. The molecule has 0 saturated heterocycles. The van der Waals surface area contributed by atoms with Crippen LogP contribution in [-0.4, -0.2) is 0 Å². The van der Waals surface area contributed by atoms with Gasteiger partial charge < -0.3 is 4.42 Å². The van der Waals surface area contributed by atoms with Crippen LogP contribution in [0.3, 0.4) is 0 Å². The number of rotatable bonds is 1. The molecule has 0 bridgehead atoms. The third kappa shape index (κ3) is 1.43. The molecule has 0 N–H and O–H groups in total. The van der Waals surface area contributed by atoms with Crippen LogP contribution in [0.1, 0.15) is 25.3 Å². The highest BCUT2D eigenvalue weighted by atomic mass is 16.4. The lowest BCUT2D eigenvalue weighted by atomic mass is 10.00. The molecule has 0 saturated carbocycles. The molecule has 0 aliphatic rings. The maximum atomic E-state index is 11.2. The summed E-state index contributed by atoms with van der Waals surface area (Å²) in [5.74, 6) is 0.337. The molecule has 2 heteroatoms. The fraction of sp³-hybridized carbons (Fsp3) is 0.250. The van der Waals surface area contributed by atoms with Crippen molar-refractivity contribution in [2.45, 2.75) is 19.8 Å². The van der Waals surface area contributed by atoms with Crippen molar-refractivity contribution in [1.29, 1.82) is 0 Å². The standard InChI is InChI=1S/C12H12O2/c1-8(2)10-7-12(13)14-11-6-4-3-5-9(10)11/h3-8H,1-2H3. The molecule has 0 atom stereocenters. The van der Waals surface area contributed by atoms with Gasteiger partial charge in [-0.2, -0.15) is 0 Å². The Morgan fingerprint density at radius 3 is 2.64 bits per heavy atom. The largest absolute Gasteiger partial charge is 0.423 e. The molecule has 0 spiro atoms. The normalized spacial score (nSPS) is 11.1. The third-order valence-electron chi connectivity index (χ3n) is 2.30. The van der Waals surface area contributed by atoms with Gasteiger partial charge in [0.1, 0.15) is 5.58 Å². The van der Waals surface area contributed by atoms with E-state index in [1.165, 1.54) is 0 Å². The van der Waals surface area contributed by atoms with Crippen LogP contribution in [0, 0.1) is 0 Å². The Labute approximate surface area is 82.2 Å².